The molecule has 0 spiro atoms. The van der Waals surface area contributed by atoms with Crippen LogP contribution in [-0.4, -0.2) is 20.1 Å². The standard InChI is InChI=1S/C21H17FN2O4S/c1-14(25)15-4-2-6-19(12-15)23-21(26)16-5-3-7-20(13-16)29(27,28)24-18-10-8-17(22)9-11-18/h2-13,24H,1H3,(H,23,26). The molecule has 0 aliphatic rings. The molecule has 0 saturated carbocycles. The first-order chi connectivity index (χ1) is 13.7. The summed E-state index contributed by atoms with van der Waals surface area (Å²) in [5, 5.41) is 2.64. The Kier molecular flexibility index (Phi) is 5.74. The van der Waals surface area contributed by atoms with Crippen LogP contribution in [0.25, 0.3) is 0 Å². The van der Waals surface area contributed by atoms with Gasteiger partial charge in [0.1, 0.15) is 5.82 Å². The van der Waals surface area contributed by atoms with Crippen molar-refractivity contribution in [2.75, 3.05) is 10.0 Å². The van der Waals surface area contributed by atoms with Crippen molar-refractivity contribution in [1.82, 2.24) is 0 Å². The van der Waals surface area contributed by atoms with Crippen LogP contribution in [0.15, 0.2) is 77.7 Å². The number of Topliss-reactive ketones (excluding diaryl/α,β-unsaturated/α-hetero) is 1. The van der Waals surface area contributed by atoms with Gasteiger partial charge in [0.15, 0.2) is 5.78 Å². The Labute approximate surface area is 167 Å². The van der Waals surface area contributed by atoms with Gasteiger partial charge in [-0.15, -0.1) is 0 Å². The maximum atomic E-state index is 13.0. The van der Waals surface area contributed by atoms with Crippen LogP contribution in [0.5, 0.6) is 0 Å². The fourth-order valence-electron chi connectivity index (χ4n) is 2.56. The largest absolute Gasteiger partial charge is 0.322 e. The topological polar surface area (TPSA) is 92.3 Å². The van der Waals surface area contributed by atoms with Gasteiger partial charge < -0.3 is 5.32 Å². The summed E-state index contributed by atoms with van der Waals surface area (Å²) < 4.78 is 40.5. The number of sulfonamides is 1. The van der Waals surface area contributed by atoms with Crippen molar-refractivity contribution >= 4 is 33.1 Å². The number of hydrogen-bond donors (Lipinski definition) is 2. The summed E-state index contributed by atoms with van der Waals surface area (Å²) in [5.74, 6) is -1.15. The van der Waals surface area contributed by atoms with E-state index in [1.807, 2.05) is 0 Å². The second kappa shape index (κ2) is 8.24. The van der Waals surface area contributed by atoms with Crippen molar-refractivity contribution in [3.8, 4) is 0 Å². The quantitative estimate of drug-likeness (QED) is 0.597. The van der Waals surface area contributed by atoms with E-state index in [0.717, 1.165) is 12.1 Å². The number of carbonyl (C=O) groups is 2. The first kappa shape index (κ1) is 20.2. The molecule has 148 valence electrons. The number of rotatable bonds is 6. The molecule has 3 aromatic rings. The molecule has 3 aromatic carbocycles. The Morgan fingerprint density at radius 3 is 2.17 bits per heavy atom. The van der Waals surface area contributed by atoms with Crippen molar-refractivity contribution in [2.24, 2.45) is 0 Å². The van der Waals surface area contributed by atoms with Crippen LogP contribution >= 0.6 is 0 Å². The minimum absolute atomic E-state index is 0.119. The number of benzene rings is 3. The van der Waals surface area contributed by atoms with E-state index in [1.54, 1.807) is 18.2 Å². The van der Waals surface area contributed by atoms with Gasteiger partial charge in [0.2, 0.25) is 0 Å². The Hall–Kier alpha value is -3.52. The van der Waals surface area contributed by atoms with Crippen molar-refractivity contribution < 1.29 is 22.4 Å². The number of ketones is 1. The molecule has 0 radical (unpaired) electrons. The highest BCUT2D eigenvalue weighted by Crippen LogP contribution is 2.19. The van der Waals surface area contributed by atoms with E-state index < -0.39 is 21.7 Å². The molecule has 0 aliphatic carbocycles. The van der Waals surface area contributed by atoms with Gasteiger partial charge in [-0.2, -0.15) is 0 Å². The fourth-order valence-corrected chi connectivity index (χ4v) is 3.66. The van der Waals surface area contributed by atoms with Crippen LogP contribution in [0.1, 0.15) is 27.6 Å². The maximum Gasteiger partial charge on any atom is 0.261 e. The SMILES string of the molecule is CC(=O)c1cccc(NC(=O)c2cccc(S(=O)(=O)Nc3ccc(F)cc3)c2)c1. The molecule has 0 heterocycles. The number of carbonyl (C=O) groups excluding carboxylic acids is 2. The molecule has 8 heteroatoms. The van der Waals surface area contributed by atoms with E-state index in [2.05, 4.69) is 10.0 Å². The minimum atomic E-state index is -3.97. The summed E-state index contributed by atoms with van der Waals surface area (Å²) in [6, 6.07) is 16.8. The molecule has 2 N–H and O–H groups in total. The smallest absolute Gasteiger partial charge is 0.261 e. The molecule has 0 fully saturated rings. The van der Waals surface area contributed by atoms with Crippen LogP contribution in [0, 0.1) is 5.82 Å². The maximum absolute atomic E-state index is 13.0. The molecule has 29 heavy (non-hydrogen) atoms. The van der Waals surface area contributed by atoms with Gasteiger partial charge in [0.05, 0.1) is 4.90 Å². The molecule has 0 atom stereocenters. The molecule has 6 nitrogen and oxygen atoms in total. The van der Waals surface area contributed by atoms with Crippen LogP contribution in [0.4, 0.5) is 15.8 Å². The van der Waals surface area contributed by atoms with E-state index in [-0.39, 0.29) is 21.9 Å². The third-order valence-corrected chi connectivity index (χ3v) is 5.41. The van der Waals surface area contributed by atoms with Gasteiger partial charge in [0, 0.05) is 22.5 Å². The van der Waals surface area contributed by atoms with Crippen molar-refractivity contribution in [1.29, 1.82) is 0 Å². The number of halogens is 1. The lowest BCUT2D eigenvalue weighted by atomic mass is 10.1. The zero-order valence-electron chi connectivity index (χ0n) is 15.3. The van der Waals surface area contributed by atoms with Crippen molar-refractivity contribution in [3.63, 3.8) is 0 Å². The summed E-state index contributed by atoms with van der Waals surface area (Å²) in [6.07, 6.45) is 0. The average molecular weight is 412 g/mol. The minimum Gasteiger partial charge on any atom is -0.322 e. The van der Waals surface area contributed by atoms with Crippen LogP contribution in [0.3, 0.4) is 0 Å². The third kappa shape index (κ3) is 5.05. The zero-order chi connectivity index (χ0) is 21.0. The average Bonchev–Trinajstić information content (AvgIpc) is 2.70. The van der Waals surface area contributed by atoms with Gasteiger partial charge in [0.25, 0.3) is 15.9 Å². The first-order valence-electron chi connectivity index (χ1n) is 8.55. The summed E-state index contributed by atoms with van der Waals surface area (Å²) >= 11 is 0. The highest BCUT2D eigenvalue weighted by molar-refractivity contribution is 7.92. The van der Waals surface area contributed by atoms with E-state index in [9.17, 15) is 22.4 Å². The third-order valence-electron chi connectivity index (χ3n) is 4.03. The van der Waals surface area contributed by atoms with E-state index in [1.165, 1.54) is 49.4 Å². The highest BCUT2D eigenvalue weighted by atomic mass is 32.2. The fraction of sp³-hybridized carbons (Fsp3) is 0.0476. The summed E-state index contributed by atoms with van der Waals surface area (Å²) in [4.78, 5) is 23.9. The van der Waals surface area contributed by atoms with E-state index >= 15 is 0 Å². The van der Waals surface area contributed by atoms with Gasteiger partial charge >= 0.3 is 0 Å². The van der Waals surface area contributed by atoms with Crippen LogP contribution < -0.4 is 10.0 Å². The molecule has 0 aliphatic heterocycles. The summed E-state index contributed by atoms with van der Waals surface area (Å²) in [5.41, 5.74) is 1.19. The van der Waals surface area contributed by atoms with Crippen LogP contribution in [-0.2, 0) is 10.0 Å². The Morgan fingerprint density at radius 1 is 0.828 bits per heavy atom. The predicted molar refractivity (Wildman–Crippen MR) is 108 cm³/mol. The number of hydrogen-bond acceptors (Lipinski definition) is 4. The lowest BCUT2D eigenvalue weighted by molar-refractivity contribution is 0.101. The number of anilines is 2. The Bertz CT molecular complexity index is 1180. The zero-order valence-corrected chi connectivity index (χ0v) is 16.2. The second-order valence-corrected chi connectivity index (χ2v) is 7.91. The van der Waals surface area contributed by atoms with Gasteiger partial charge in [-0.05, 0) is 61.5 Å². The predicted octanol–water partition coefficient (Wildman–Crippen LogP) is 4.08. The number of amides is 1. The molecule has 3 rings (SSSR count). The van der Waals surface area contributed by atoms with E-state index in [4.69, 9.17) is 0 Å². The molecular formula is C21H17FN2O4S. The molecule has 1 amide bonds. The first-order valence-corrected chi connectivity index (χ1v) is 10.0. The molecule has 0 bridgehead atoms. The molecule has 0 saturated heterocycles. The van der Waals surface area contributed by atoms with Crippen LogP contribution in [0.2, 0.25) is 0 Å². The normalized spacial score (nSPS) is 11.0. The second-order valence-electron chi connectivity index (χ2n) is 6.23. The summed E-state index contributed by atoms with van der Waals surface area (Å²) in [7, 11) is -3.97. The van der Waals surface area contributed by atoms with Gasteiger partial charge in [-0.25, -0.2) is 12.8 Å². The molecule has 0 unspecified atom stereocenters. The molecular weight excluding hydrogens is 395 g/mol. The monoisotopic (exact) mass is 412 g/mol. The van der Waals surface area contributed by atoms with Gasteiger partial charge in [-0.3, -0.25) is 14.3 Å². The lowest BCUT2D eigenvalue weighted by Gasteiger charge is -2.10. The van der Waals surface area contributed by atoms with E-state index in [0.29, 0.717) is 11.3 Å². The highest BCUT2D eigenvalue weighted by Gasteiger charge is 2.17. The van der Waals surface area contributed by atoms with Crippen molar-refractivity contribution in [3.05, 3.63) is 89.7 Å². The Morgan fingerprint density at radius 2 is 1.48 bits per heavy atom. The van der Waals surface area contributed by atoms with Gasteiger partial charge in [-0.1, -0.05) is 18.2 Å². The number of nitrogens with one attached hydrogen (secondary N) is 2. The summed E-state index contributed by atoms with van der Waals surface area (Å²) in [6.45, 7) is 1.42. The lowest BCUT2D eigenvalue weighted by Crippen LogP contribution is -2.16. The van der Waals surface area contributed by atoms with Crippen molar-refractivity contribution in [2.45, 2.75) is 11.8 Å². The molecule has 0 aromatic heterocycles. The Balaban J connectivity index is 1.81.